The molecule has 0 amide bonds. The molecule has 0 heterocycles. The lowest BCUT2D eigenvalue weighted by Gasteiger charge is -2.45. The van der Waals surface area contributed by atoms with Crippen LogP contribution in [0.1, 0.15) is 46.5 Å². The minimum Gasteiger partial charge on any atom is -0.385 e. The fourth-order valence-corrected chi connectivity index (χ4v) is 2.61. The summed E-state index contributed by atoms with van der Waals surface area (Å²) in [7, 11) is 0. The molecule has 2 atom stereocenters. The molecule has 1 fully saturated rings. The molecule has 0 radical (unpaired) electrons. The van der Waals surface area contributed by atoms with E-state index < -0.39 is 5.60 Å². The summed E-state index contributed by atoms with van der Waals surface area (Å²) >= 11 is 0. The lowest BCUT2D eigenvalue weighted by atomic mass is 9.64. The van der Waals surface area contributed by atoms with E-state index >= 15 is 0 Å². The monoisotopic (exact) mass is 182 g/mol. The Morgan fingerprint density at radius 1 is 1.38 bits per heavy atom. The van der Waals surface area contributed by atoms with E-state index in [1.807, 2.05) is 0 Å². The van der Waals surface area contributed by atoms with Gasteiger partial charge in [-0.2, -0.15) is 0 Å². The second-order valence-corrected chi connectivity index (χ2v) is 5.36. The normalized spacial score (nSPS) is 35.8. The maximum Gasteiger partial charge on any atom is 0.0858 e. The number of rotatable bonds is 1. The van der Waals surface area contributed by atoms with Gasteiger partial charge in [-0.3, -0.25) is 0 Å². The highest BCUT2D eigenvalue weighted by Crippen LogP contribution is 2.44. The third-order valence-electron chi connectivity index (χ3n) is 3.32. The molecule has 1 rings (SSSR count). The van der Waals surface area contributed by atoms with Gasteiger partial charge in [-0.1, -0.05) is 39.7 Å². The van der Waals surface area contributed by atoms with Gasteiger partial charge in [-0.25, -0.2) is 0 Å². The lowest BCUT2D eigenvalue weighted by molar-refractivity contribution is -0.0520. The van der Waals surface area contributed by atoms with E-state index in [0.29, 0.717) is 5.92 Å². The quantitative estimate of drug-likeness (QED) is 0.618. The molecule has 0 saturated heterocycles. The molecule has 0 aromatic rings. The van der Waals surface area contributed by atoms with Crippen molar-refractivity contribution in [3.63, 3.8) is 0 Å². The van der Waals surface area contributed by atoms with Crippen LogP contribution in [0.25, 0.3) is 0 Å². The largest absolute Gasteiger partial charge is 0.385 e. The zero-order valence-corrected chi connectivity index (χ0v) is 9.14. The van der Waals surface area contributed by atoms with E-state index in [-0.39, 0.29) is 5.41 Å². The molecule has 1 N–H and O–H groups in total. The molecule has 1 aliphatic carbocycles. The number of hydrogen-bond donors (Lipinski definition) is 1. The van der Waals surface area contributed by atoms with Crippen LogP contribution < -0.4 is 0 Å². The summed E-state index contributed by atoms with van der Waals surface area (Å²) in [5, 5.41) is 10.4. The zero-order chi connectivity index (χ0) is 10.1. The fourth-order valence-electron chi connectivity index (χ4n) is 2.61. The van der Waals surface area contributed by atoms with Gasteiger partial charge in [-0.05, 0) is 24.2 Å². The molecular weight excluding hydrogens is 160 g/mol. The van der Waals surface area contributed by atoms with E-state index in [1.54, 1.807) is 6.08 Å². The van der Waals surface area contributed by atoms with Crippen LogP contribution >= 0.6 is 0 Å². The second-order valence-electron chi connectivity index (χ2n) is 5.36. The number of aliphatic hydroxyl groups is 1. The van der Waals surface area contributed by atoms with Crippen LogP contribution in [-0.2, 0) is 0 Å². The number of hydrogen-bond acceptors (Lipinski definition) is 1. The summed E-state index contributed by atoms with van der Waals surface area (Å²) in [6, 6.07) is 0. The van der Waals surface area contributed by atoms with Crippen molar-refractivity contribution >= 4 is 0 Å². The van der Waals surface area contributed by atoms with Gasteiger partial charge in [0, 0.05) is 0 Å². The van der Waals surface area contributed by atoms with Gasteiger partial charge < -0.3 is 5.11 Å². The smallest absolute Gasteiger partial charge is 0.0858 e. The van der Waals surface area contributed by atoms with Crippen molar-refractivity contribution in [2.24, 2.45) is 11.3 Å². The molecule has 13 heavy (non-hydrogen) atoms. The third-order valence-corrected chi connectivity index (χ3v) is 3.32. The summed E-state index contributed by atoms with van der Waals surface area (Å²) in [5.74, 6) is 0.367. The predicted molar refractivity (Wildman–Crippen MR) is 56.6 cm³/mol. The minimum absolute atomic E-state index is 0.184. The maximum atomic E-state index is 10.4. The molecular formula is C12H22O. The summed E-state index contributed by atoms with van der Waals surface area (Å²) in [5.41, 5.74) is -0.431. The van der Waals surface area contributed by atoms with Crippen molar-refractivity contribution in [1.82, 2.24) is 0 Å². The van der Waals surface area contributed by atoms with Gasteiger partial charge >= 0.3 is 0 Å². The molecule has 1 nitrogen and oxygen atoms in total. The molecule has 0 aromatic heterocycles. The Balaban J connectivity index is 2.85. The summed E-state index contributed by atoms with van der Waals surface area (Å²) in [6.45, 7) is 10.4. The Kier molecular flexibility index (Phi) is 2.86. The van der Waals surface area contributed by atoms with Crippen molar-refractivity contribution in [3.8, 4) is 0 Å². The molecule has 0 spiro atoms. The Morgan fingerprint density at radius 3 is 2.38 bits per heavy atom. The fraction of sp³-hybridized carbons (Fsp3) is 0.833. The third kappa shape index (κ3) is 2.14. The minimum atomic E-state index is -0.615. The Bertz CT molecular complexity index is 190. The molecule has 0 aromatic carbocycles. The van der Waals surface area contributed by atoms with Crippen LogP contribution in [-0.4, -0.2) is 10.7 Å². The first-order chi connectivity index (χ1) is 5.90. The van der Waals surface area contributed by atoms with E-state index in [4.69, 9.17) is 0 Å². The van der Waals surface area contributed by atoms with E-state index in [9.17, 15) is 5.11 Å². The molecule has 1 heteroatoms. The first kappa shape index (κ1) is 10.8. The van der Waals surface area contributed by atoms with Gasteiger partial charge in [0.25, 0.3) is 0 Å². The van der Waals surface area contributed by atoms with Crippen LogP contribution in [0, 0.1) is 11.3 Å². The van der Waals surface area contributed by atoms with Crippen molar-refractivity contribution in [2.75, 3.05) is 0 Å². The maximum absolute atomic E-state index is 10.4. The van der Waals surface area contributed by atoms with Crippen LogP contribution in [0.4, 0.5) is 0 Å². The molecule has 1 saturated carbocycles. The molecule has 2 unspecified atom stereocenters. The molecule has 1 aliphatic rings. The highest BCUT2D eigenvalue weighted by Gasteiger charge is 2.42. The van der Waals surface area contributed by atoms with Crippen LogP contribution in [0.5, 0.6) is 0 Å². The molecule has 76 valence electrons. The van der Waals surface area contributed by atoms with Gasteiger partial charge in [0.2, 0.25) is 0 Å². The average molecular weight is 182 g/mol. The first-order valence-corrected chi connectivity index (χ1v) is 5.26. The van der Waals surface area contributed by atoms with Crippen molar-refractivity contribution in [2.45, 2.75) is 52.1 Å². The average Bonchev–Trinajstić information content (AvgIpc) is 2.03. The molecule has 0 bridgehead atoms. The van der Waals surface area contributed by atoms with Crippen LogP contribution in [0.3, 0.4) is 0 Å². The second kappa shape index (κ2) is 3.45. The highest BCUT2D eigenvalue weighted by molar-refractivity contribution is 5.05. The van der Waals surface area contributed by atoms with Crippen molar-refractivity contribution in [3.05, 3.63) is 12.7 Å². The van der Waals surface area contributed by atoms with Crippen LogP contribution in [0.15, 0.2) is 12.7 Å². The molecule has 0 aliphatic heterocycles. The topological polar surface area (TPSA) is 20.2 Å². The summed E-state index contributed by atoms with van der Waals surface area (Å²) in [6.07, 6.45) is 6.15. The zero-order valence-electron chi connectivity index (χ0n) is 9.14. The predicted octanol–water partition coefficient (Wildman–Crippen LogP) is 3.14. The standard InChI is InChI=1S/C12H22O/c1-5-12(13)9-7-6-8-10(12)11(2,3)4/h5,10,13H,1,6-9H2,2-4H3. The highest BCUT2D eigenvalue weighted by atomic mass is 16.3. The summed E-state index contributed by atoms with van der Waals surface area (Å²) < 4.78 is 0. The Morgan fingerprint density at radius 2 is 2.00 bits per heavy atom. The lowest BCUT2D eigenvalue weighted by Crippen LogP contribution is -2.45. The van der Waals surface area contributed by atoms with E-state index in [2.05, 4.69) is 27.4 Å². The van der Waals surface area contributed by atoms with Gasteiger partial charge in [0.1, 0.15) is 0 Å². The Labute approximate surface area is 81.9 Å². The van der Waals surface area contributed by atoms with Gasteiger partial charge in [0.05, 0.1) is 5.60 Å². The first-order valence-electron chi connectivity index (χ1n) is 5.26. The van der Waals surface area contributed by atoms with Crippen LogP contribution in [0.2, 0.25) is 0 Å². The van der Waals surface area contributed by atoms with Crippen molar-refractivity contribution < 1.29 is 5.11 Å². The summed E-state index contributed by atoms with van der Waals surface area (Å²) in [4.78, 5) is 0. The Hall–Kier alpha value is -0.300. The SMILES string of the molecule is C=CC1(O)CCCCC1C(C)(C)C. The van der Waals surface area contributed by atoms with Crippen molar-refractivity contribution in [1.29, 1.82) is 0 Å². The van der Waals surface area contributed by atoms with Gasteiger partial charge in [0.15, 0.2) is 0 Å². The van der Waals surface area contributed by atoms with E-state index in [0.717, 1.165) is 19.3 Å². The van der Waals surface area contributed by atoms with E-state index in [1.165, 1.54) is 6.42 Å². The van der Waals surface area contributed by atoms with Gasteiger partial charge in [-0.15, -0.1) is 6.58 Å².